The molecule has 0 bridgehead atoms. The summed E-state index contributed by atoms with van der Waals surface area (Å²) in [5.74, 6) is -1.29. The van der Waals surface area contributed by atoms with Crippen molar-refractivity contribution in [3.8, 4) is 17.2 Å². The van der Waals surface area contributed by atoms with Crippen LogP contribution < -0.4 is 0 Å². The Labute approximate surface area is 98.1 Å². The molecule has 0 aliphatic rings. The molecule has 0 atom stereocenters. The zero-order valence-corrected chi connectivity index (χ0v) is 8.91. The Morgan fingerprint density at radius 1 is 0.824 bits per heavy atom. The van der Waals surface area contributed by atoms with Crippen LogP contribution >= 0.6 is 0 Å². The van der Waals surface area contributed by atoms with E-state index in [2.05, 4.69) is 4.99 Å². The SMILES string of the molecule is Oc1ccc(C=Nc2ccccc2)c(O)c1O. The van der Waals surface area contributed by atoms with Crippen molar-refractivity contribution in [3.05, 3.63) is 48.0 Å². The van der Waals surface area contributed by atoms with Gasteiger partial charge in [0.25, 0.3) is 0 Å². The average molecular weight is 229 g/mol. The number of hydrogen-bond donors (Lipinski definition) is 3. The molecule has 0 radical (unpaired) electrons. The highest BCUT2D eigenvalue weighted by Crippen LogP contribution is 2.36. The summed E-state index contributed by atoms with van der Waals surface area (Å²) in [5, 5.41) is 28.0. The molecule has 86 valence electrons. The first-order valence-corrected chi connectivity index (χ1v) is 5.01. The largest absolute Gasteiger partial charge is 0.504 e. The van der Waals surface area contributed by atoms with Gasteiger partial charge >= 0.3 is 0 Å². The second-order valence-electron chi connectivity index (χ2n) is 3.46. The van der Waals surface area contributed by atoms with Crippen molar-refractivity contribution in [2.75, 3.05) is 0 Å². The minimum absolute atomic E-state index is 0.337. The molecule has 2 aromatic rings. The Hall–Kier alpha value is -2.49. The van der Waals surface area contributed by atoms with Crippen molar-refractivity contribution < 1.29 is 15.3 Å². The number of hydrogen-bond acceptors (Lipinski definition) is 4. The highest BCUT2D eigenvalue weighted by atomic mass is 16.3. The smallest absolute Gasteiger partial charge is 0.200 e. The lowest BCUT2D eigenvalue weighted by Gasteiger charge is -2.03. The van der Waals surface area contributed by atoms with Crippen LogP contribution in [-0.4, -0.2) is 21.5 Å². The molecule has 17 heavy (non-hydrogen) atoms. The predicted octanol–water partition coefficient (Wildman–Crippen LogP) is 2.55. The highest BCUT2D eigenvalue weighted by Gasteiger charge is 2.08. The fraction of sp³-hybridized carbons (Fsp3) is 0. The van der Waals surface area contributed by atoms with E-state index in [1.165, 1.54) is 18.3 Å². The van der Waals surface area contributed by atoms with Crippen molar-refractivity contribution in [1.29, 1.82) is 0 Å². The van der Waals surface area contributed by atoms with Gasteiger partial charge in [-0.2, -0.15) is 0 Å². The molecule has 4 heteroatoms. The molecule has 0 amide bonds. The van der Waals surface area contributed by atoms with Gasteiger partial charge in [-0.15, -0.1) is 0 Å². The maximum absolute atomic E-state index is 9.56. The van der Waals surface area contributed by atoms with Crippen molar-refractivity contribution in [2.24, 2.45) is 4.99 Å². The quantitative estimate of drug-likeness (QED) is 0.547. The molecule has 0 saturated carbocycles. The van der Waals surface area contributed by atoms with E-state index < -0.39 is 5.75 Å². The molecule has 0 spiro atoms. The summed E-state index contributed by atoms with van der Waals surface area (Å²) in [4.78, 5) is 4.13. The molecule has 3 N–H and O–H groups in total. The Morgan fingerprint density at radius 3 is 2.24 bits per heavy atom. The van der Waals surface area contributed by atoms with Gasteiger partial charge in [-0.25, -0.2) is 0 Å². The van der Waals surface area contributed by atoms with Gasteiger partial charge in [0.2, 0.25) is 5.75 Å². The van der Waals surface area contributed by atoms with Gasteiger partial charge in [0.15, 0.2) is 11.5 Å². The van der Waals surface area contributed by atoms with Crippen LogP contribution in [0.2, 0.25) is 0 Å². The number of phenolic OH excluding ortho intramolecular Hbond substituents is 3. The standard InChI is InChI=1S/C13H11NO3/c15-11-7-6-9(12(16)13(11)17)8-14-10-4-2-1-3-5-10/h1-8,15-17H. The summed E-state index contributed by atoms with van der Waals surface area (Å²) in [5.41, 5.74) is 1.07. The van der Waals surface area contributed by atoms with Crippen LogP contribution in [0.1, 0.15) is 5.56 Å². The van der Waals surface area contributed by atoms with Crippen LogP contribution in [0.3, 0.4) is 0 Å². The molecule has 4 nitrogen and oxygen atoms in total. The fourth-order valence-corrected chi connectivity index (χ4v) is 1.35. The maximum atomic E-state index is 9.56. The first-order chi connectivity index (χ1) is 8.18. The normalized spacial score (nSPS) is 10.8. The molecule has 0 saturated heterocycles. The second kappa shape index (κ2) is 4.57. The number of aliphatic imine (C=N–C) groups is 1. The summed E-state index contributed by atoms with van der Waals surface area (Å²) in [6, 6.07) is 12.0. The van der Waals surface area contributed by atoms with E-state index in [0.29, 0.717) is 5.56 Å². The molecule has 0 aliphatic heterocycles. The molecule has 0 heterocycles. The summed E-state index contributed by atoms with van der Waals surface area (Å²) < 4.78 is 0. The third kappa shape index (κ3) is 2.36. The topological polar surface area (TPSA) is 73.1 Å². The maximum Gasteiger partial charge on any atom is 0.200 e. The lowest BCUT2D eigenvalue weighted by atomic mass is 10.2. The number of rotatable bonds is 2. The van der Waals surface area contributed by atoms with Crippen molar-refractivity contribution >= 4 is 11.9 Å². The van der Waals surface area contributed by atoms with Gasteiger partial charge in [-0.05, 0) is 24.3 Å². The van der Waals surface area contributed by atoms with Gasteiger partial charge in [-0.1, -0.05) is 18.2 Å². The number of phenols is 3. The van der Waals surface area contributed by atoms with Gasteiger partial charge in [0, 0.05) is 11.8 Å². The van der Waals surface area contributed by atoms with Crippen LogP contribution in [0.15, 0.2) is 47.5 Å². The molecule has 0 fully saturated rings. The highest BCUT2D eigenvalue weighted by molar-refractivity contribution is 5.87. The molecule has 2 aromatic carbocycles. The number of para-hydroxylation sites is 1. The van der Waals surface area contributed by atoms with E-state index >= 15 is 0 Å². The Balaban J connectivity index is 2.31. The van der Waals surface area contributed by atoms with E-state index in [1.807, 2.05) is 30.3 Å². The molecular formula is C13H11NO3. The van der Waals surface area contributed by atoms with Crippen molar-refractivity contribution in [1.82, 2.24) is 0 Å². The average Bonchev–Trinajstić information content (AvgIpc) is 2.36. The minimum Gasteiger partial charge on any atom is -0.504 e. The minimum atomic E-state index is -0.540. The van der Waals surface area contributed by atoms with Crippen LogP contribution in [0.4, 0.5) is 5.69 Å². The first kappa shape index (κ1) is 11.0. The van der Waals surface area contributed by atoms with Crippen molar-refractivity contribution in [2.45, 2.75) is 0 Å². The van der Waals surface area contributed by atoms with Crippen LogP contribution in [0.25, 0.3) is 0 Å². The van der Waals surface area contributed by atoms with Crippen LogP contribution in [-0.2, 0) is 0 Å². The predicted molar refractivity (Wildman–Crippen MR) is 65.1 cm³/mol. The van der Waals surface area contributed by atoms with E-state index in [0.717, 1.165) is 5.69 Å². The lowest BCUT2D eigenvalue weighted by molar-refractivity contribution is 0.367. The van der Waals surface area contributed by atoms with Gasteiger partial charge in [0.1, 0.15) is 0 Å². The number of benzene rings is 2. The summed E-state index contributed by atoms with van der Waals surface area (Å²) in [7, 11) is 0. The Kier molecular flexibility index (Phi) is 2.96. The fourth-order valence-electron chi connectivity index (χ4n) is 1.35. The Bertz CT molecular complexity index is 550. The van der Waals surface area contributed by atoms with Gasteiger partial charge in [-0.3, -0.25) is 4.99 Å². The van der Waals surface area contributed by atoms with Crippen LogP contribution in [0, 0.1) is 0 Å². The zero-order valence-electron chi connectivity index (χ0n) is 8.91. The molecule has 0 aliphatic carbocycles. The number of aromatic hydroxyl groups is 3. The molecule has 0 unspecified atom stereocenters. The molecular weight excluding hydrogens is 218 g/mol. The zero-order chi connectivity index (χ0) is 12.3. The van der Waals surface area contributed by atoms with E-state index in [-0.39, 0.29) is 11.5 Å². The number of nitrogens with zero attached hydrogens (tertiary/aromatic N) is 1. The molecule has 2 rings (SSSR count). The summed E-state index contributed by atoms with van der Waals surface area (Å²) in [6.07, 6.45) is 1.42. The summed E-state index contributed by atoms with van der Waals surface area (Å²) in [6.45, 7) is 0. The van der Waals surface area contributed by atoms with Gasteiger partial charge < -0.3 is 15.3 Å². The second-order valence-corrected chi connectivity index (χ2v) is 3.46. The Morgan fingerprint density at radius 2 is 1.53 bits per heavy atom. The van der Waals surface area contributed by atoms with E-state index in [4.69, 9.17) is 5.11 Å². The first-order valence-electron chi connectivity index (χ1n) is 5.01. The lowest BCUT2D eigenvalue weighted by Crippen LogP contribution is -1.83. The molecule has 0 aromatic heterocycles. The third-order valence-electron chi connectivity index (χ3n) is 2.27. The summed E-state index contributed by atoms with van der Waals surface area (Å²) >= 11 is 0. The third-order valence-corrected chi connectivity index (χ3v) is 2.27. The monoisotopic (exact) mass is 229 g/mol. The van der Waals surface area contributed by atoms with Crippen molar-refractivity contribution in [3.63, 3.8) is 0 Å². The van der Waals surface area contributed by atoms with Gasteiger partial charge in [0.05, 0.1) is 5.69 Å². The van der Waals surface area contributed by atoms with E-state index in [1.54, 1.807) is 0 Å². The van der Waals surface area contributed by atoms with Crippen LogP contribution in [0.5, 0.6) is 17.2 Å². The van der Waals surface area contributed by atoms with E-state index in [9.17, 15) is 10.2 Å².